The highest BCUT2D eigenvalue weighted by atomic mass is 32.2. The summed E-state index contributed by atoms with van der Waals surface area (Å²) < 4.78 is 45.0. The minimum absolute atomic E-state index is 0.0124. The third kappa shape index (κ3) is 20.9. The summed E-state index contributed by atoms with van der Waals surface area (Å²) in [4.78, 5) is 84.6. The lowest BCUT2D eigenvalue weighted by atomic mass is 9.87. The molecule has 2 fully saturated rings. The van der Waals surface area contributed by atoms with Crippen LogP contribution in [0.3, 0.4) is 0 Å². The highest BCUT2D eigenvalue weighted by molar-refractivity contribution is 7.85. The first-order valence-corrected chi connectivity index (χ1v) is 27.7. The number of quaternary nitrogens is 1. The number of esters is 1. The van der Waals surface area contributed by atoms with Crippen LogP contribution in [-0.2, 0) is 81.2 Å². The maximum atomic E-state index is 14.7. The molecule has 0 spiro atoms. The standard InChI is InChI=1S/C55H72N6O9.CH4O3S/c1-38(2)29-47(49(63)33-44(31-41-17-11-8-12-18-41)54(67)57-48(30-39(3)4)52(65)55(5)37-69-55)56-53(66)42(22-21-40-15-9-7-10-16-40)32-46(62)36-61(25-27-68-28-26-61)35-43-19-13-14-20-50(43)70-51(64)24-23-45-34-60(6)59-58-45;1-5(2,3)4/h7-20,34,38-39,42,44,47-48H,21-33,35-37H2,1-6H3,(H-,56,57,66,67);1H3,(H,2,3,4)/p+1/t42-,44-,47+,48+,55-;/m1./s1. The molecule has 4 aromatic rings. The van der Waals surface area contributed by atoms with Crippen molar-refractivity contribution in [3.05, 3.63) is 114 Å². The number of nitrogens with one attached hydrogen (secondary N) is 2. The van der Waals surface area contributed by atoms with Crippen LogP contribution in [0, 0.1) is 23.7 Å². The summed E-state index contributed by atoms with van der Waals surface area (Å²) in [6.07, 6.45) is 4.69. The van der Waals surface area contributed by atoms with Gasteiger partial charge in [-0.3, -0.25) is 38.0 Å². The second-order valence-electron chi connectivity index (χ2n) is 21.2. The van der Waals surface area contributed by atoms with Gasteiger partial charge < -0.3 is 29.3 Å². The van der Waals surface area contributed by atoms with Crippen LogP contribution < -0.4 is 15.4 Å². The molecule has 0 saturated carbocycles. The Kier molecular flexibility index (Phi) is 22.5. The zero-order valence-corrected chi connectivity index (χ0v) is 45.4. The lowest BCUT2D eigenvalue weighted by molar-refractivity contribution is -0.940. The van der Waals surface area contributed by atoms with E-state index in [1.807, 2.05) is 107 Å². The summed E-state index contributed by atoms with van der Waals surface area (Å²) in [6, 6.07) is 24.9. The van der Waals surface area contributed by atoms with Crippen molar-refractivity contribution in [2.24, 2.45) is 30.7 Å². The summed E-state index contributed by atoms with van der Waals surface area (Å²) in [5.41, 5.74) is 2.42. The number of aryl methyl sites for hydroxylation is 3. The SMILES string of the molecule is CC(C)C[C@H](NC(=O)[C@H](CCc1ccccc1)CC(=O)C[N+]1(Cc2ccccc2OC(=O)CCc2cn(C)nn2)CCOCC1)C(=O)C[C@@H](Cc1ccccc1)C(=O)N[C@@H](CC(C)C)C(=O)[C@@]1(C)CO1.CS(=O)(=O)O. The first-order valence-electron chi connectivity index (χ1n) is 25.9. The second-order valence-corrected chi connectivity index (χ2v) is 22.7. The molecule has 1 aromatic heterocycles. The Labute approximate surface area is 442 Å². The number of para-hydroxylation sites is 1. The maximum absolute atomic E-state index is 14.7. The Bertz CT molecular complexity index is 2620. The number of morpholine rings is 1. The molecule has 6 rings (SSSR count). The normalized spacial score (nSPS) is 17.6. The van der Waals surface area contributed by atoms with Gasteiger partial charge in [0.2, 0.25) is 11.8 Å². The van der Waals surface area contributed by atoms with Gasteiger partial charge in [-0.1, -0.05) is 106 Å². The molecular weight excluding hydrogens is 981 g/mol. The van der Waals surface area contributed by atoms with Gasteiger partial charge >= 0.3 is 5.97 Å². The monoisotopic (exact) mass is 1060 g/mol. The van der Waals surface area contributed by atoms with Crippen molar-refractivity contribution in [3.63, 3.8) is 0 Å². The van der Waals surface area contributed by atoms with Crippen molar-refractivity contribution in [3.8, 4) is 5.75 Å². The number of carbonyl (C=O) groups excluding carboxylic acids is 6. The zero-order chi connectivity index (χ0) is 54.8. The van der Waals surface area contributed by atoms with E-state index in [0.29, 0.717) is 93.7 Å². The average molecular weight is 1060 g/mol. The van der Waals surface area contributed by atoms with E-state index in [2.05, 4.69) is 20.9 Å². The van der Waals surface area contributed by atoms with Crippen LogP contribution in [0.2, 0.25) is 0 Å². The summed E-state index contributed by atoms with van der Waals surface area (Å²) in [5.74, 6) is -2.79. The van der Waals surface area contributed by atoms with Crippen LogP contribution in [0.25, 0.3) is 0 Å². The minimum atomic E-state index is -3.67. The summed E-state index contributed by atoms with van der Waals surface area (Å²) in [6.45, 7) is 12.5. The van der Waals surface area contributed by atoms with Gasteiger partial charge in [0.1, 0.15) is 37.5 Å². The van der Waals surface area contributed by atoms with Crippen molar-refractivity contribution in [2.75, 3.05) is 45.7 Å². The highest BCUT2D eigenvalue weighted by Crippen LogP contribution is 2.31. The van der Waals surface area contributed by atoms with Crippen LogP contribution >= 0.6 is 0 Å². The fraction of sp³-hybridized carbons (Fsp3) is 0.536. The number of hydrogen-bond donors (Lipinski definition) is 3. The van der Waals surface area contributed by atoms with Crippen molar-refractivity contribution >= 4 is 45.3 Å². The zero-order valence-electron chi connectivity index (χ0n) is 44.6. The molecule has 75 heavy (non-hydrogen) atoms. The lowest BCUT2D eigenvalue weighted by Gasteiger charge is -2.41. The average Bonchev–Trinajstić information content (AvgIpc) is 3.97. The number of ether oxygens (including phenoxy) is 3. The van der Waals surface area contributed by atoms with Gasteiger partial charge in [0.15, 0.2) is 17.3 Å². The first kappa shape index (κ1) is 59.9. The van der Waals surface area contributed by atoms with E-state index < -0.39 is 51.5 Å². The largest absolute Gasteiger partial charge is 0.426 e. The molecule has 18 nitrogen and oxygen atoms in total. The lowest BCUT2D eigenvalue weighted by Crippen LogP contribution is -2.57. The highest BCUT2D eigenvalue weighted by Gasteiger charge is 2.50. The van der Waals surface area contributed by atoms with E-state index in [-0.39, 0.29) is 67.3 Å². The van der Waals surface area contributed by atoms with Gasteiger partial charge in [-0.05, 0) is 74.1 Å². The summed E-state index contributed by atoms with van der Waals surface area (Å²) >= 11 is 0. The van der Waals surface area contributed by atoms with E-state index in [9.17, 15) is 37.2 Å². The van der Waals surface area contributed by atoms with E-state index in [1.165, 1.54) is 0 Å². The van der Waals surface area contributed by atoms with E-state index in [1.54, 1.807) is 30.9 Å². The Balaban J connectivity index is 0.00000198. The Morgan fingerprint density at radius 3 is 1.95 bits per heavy atom. The van der Waals surface area contributed by atoms with Gasteiger partial charge in [0.25, 0.3) is 10.1 Å². The van der Waals surface area contributed by atoms with Gasteiger partial charge in [-0.2, -0.15) is 8.42 Å². The van der Waals surface area contributed by atoms with Crippen molar-refractivity contribution in [1.29, 1.82) is 0 Å². The molecule has 0 aliphatic carbocycles. The van der Waals surface area contributed by atoms with Gasteiger partial charge in [0, 0.05) is 49.9 Å². The number of benzene rings is 3. The fourth-order valence-electron chi connectivity index (χ4n) is 9.32. The summed E-state index contributed by atoms with van der Waals surface area (Å²) in [5, 5.41) is 14.1. The second kappa shape index (κ2) is 28.2. The first-order chi connectivity index (χ1) is 35.5. The molecule has 3 heterocycles. The van der Waals surface area contributed by atoms with Crippen molar-refractivity contribution in [1.82, 2.24) is 25.6 Å². The Hall–Kier alpha value is -5.99. The van der Waals surface area contributed by atoms with Gasteiger partial charge in [0.05, 0.1) is 50.3 Å². The number of nitrogens with zero attached hydrogens (tertiary/aromatic N) is 4. The number of carbonyl (C=O) groups is 6. The predicted molar refractivity (Wildman–Crippen MR) is 282 cm³/mol. The molecule has 19 heteroatoms. The minimum Gasteiger partial charge on any atom is -0.426 e. The van der Waals surface area contributed by atoms with Crippen LogP contribution in [0.4, 0.5) is 0 Å². The smallest absolute Gasteiger partial charge is 0.311 e. The number of amides is 2. The van der Waals surface area contributed by atoms with Gasteiger partial charge in [-0.15, -0.1) is 5.10 Å². The van der Waals surface area contributed by atoms with Crippen LogP contribution in [-0.4, -0.2) is 131 Å². The quantitative estimate of drug-likeness (QED) is 0.0205. The molecular formula is C56H77N6O12S+. The molecule has 2 saturated heterocycles. The van der Waals surface area contributed by atoms with E-state index >= 15 is 0 Å². The van der Waals surface area contributed by atoms with Crippen LogP contribution in [0.1, 0.15) is 95.5 Å². The summed E-state index contributed by atoms with van der Waals surface area (Å²) in [7, 11) is -1.90. The maximum Gasteiger partial charge on any atom is 0.311 e. The molecule has 408 valence electrons. The third-order valence-electron chi connectivity index (χ3n) is 13.3. The number of rotatable bonds is 28. The Morgan fingerprint density at radius 2 is 1.36 bits per heavy atom. The van der Waals surface area contributed by atoms with Gasteiger partial charge in [-0.25, -0.2) is 0 Å². The van der Waals surface area contributed by atoms with Crippen molar-refractivity contribution in [2.45, 2.75) is 117 Å². The molecule has 2 amide bonds. The third-order valence-corrected chi connectivity index (χ3v) is 13.3. The van der Waals surface area contributed by atoms with E-state index in [0.717, 1.165) is 16.7 Å². The molecule has 5 atom stereocenters. The molecule has 2 aliphatic rings. The molecule has 3 N–H and O–H groups in total. The molecule has 3 aromatic carbocycles. The van der Waals surface area contributed by atoms with E-state index in [4.69, 9.17) is 18.8 Å². The number of aromatic nitrogens is 3. The fourth-order valence-corrected chi connectivity index (χ4v) is 9.32. The molecule has 0 radical (unpaired) electrons. The topological polar surface area (TPSA) is 243 Å². The predicted octanol–water partition coefficient (Wildman–Crippen LogP) is 5.65. The molecule has 0 unspecified atom stereocenters. The number of hydrogen-bond acceptors (Lipinski definition) is 13. The molecule has 0 bridgehead atoms. The Morgan fingerprint density at radius 1 is 0.800 bits per heavy atom. The number of epoxide rings is 1. The van der Waals surface area contributed by atoms with Crippen LogP contribution in [0.5, 0.6) is 5.75 Å². The van der Waals surface area contributed by atoms with Crippen LogP contribution in [0.15, 0.2) is 91.1 Å². The number of ketones is 3. The number of Topliss-reactive ketones (excluding diaryl/α,β-unsaturated/α-hetero) is 3. The molecule has 2 aliphatic heterocycles. The van der Waals surface area contributed by atoms with Crippen molar-refractivity contribution < 1.29 is 60.4 Å².